The summed E-state index contributed by atoms with van der Waals surface area (Å²) in [4.78, 5) is 12.1. The Labute approximate surface area is 133 Å². The van der Waals surface area contributed by atoms with Gasteiger partial charge >= 0.3 is 6.03 Å². The van der Waals surface area contributed by atoms with Crippen LogP contribution < -0.4 is 10.6 Å². The number of rotatable bonds is 4. The van der Waals surface area contributed by atoms with Gasteiger partial charge in [-0.1, -0.05) is 25.0 Å². The normalized spacial score (nSPS) is 16.3. The molecule has 1 aliphatic rings. The molecule has 1 saturated carbocycles. The Morgan fingerprint density at radius 2 is 2.09 bits per heavy atom. The van der Waals surface area contributed by atoms with E-state index in [9.17, 15) is 14.3 Å². The molecule has 0 aliphatic heterocycles. The molecule has 1 aromatic heterocycles. The summed E-state index contributed by atoms with van der Waals surface area (Å²) in [6.07, 6.45) is 6.51. The van der Waals surface area contributed by atoms with Crippen LogP contribution in [0.4, 0.5) is 14.9 Å². The van der Waals surface area contributed by atoms with Gasteiger partial charge in [-0.05, 0) is 25.0 Å². The number of carbonyl (C=O) groups is 1. The third-order valence-electron chi connectivity index (χ3n) is 4.18. The lowest BCUT2D eigenvalue weighted by molar-refractivity contribution is 0.167. The van der Waals surface area contributed by atoms with Crippen LogP contribution >= 0.6 is 0 Å². The predicted octanol–water partition coefficient (Wildman–Crippen LogP) is 2.44. The Morgan fingerprint density at radius 1 is 1.35 bits per heavy atom. The molecule has 0 spiro atoms. The van der Waals surface area contributed by atoms with Gasteiger partial charge in [-0.15, -0.1) is 0 Å². The summed E-state index contributed by atoms with van der Waals surface area (Å²) in [5.41, 5.74) is 0.228. The van der Waals surface area contributed by atoms with Crippen molar-refractivity contribution in [3.05, 3.63) is 42.5 Å². The molecule has 3 rings (SSSR count). The van der Waals surface area contributed by atoms with Crippen molar-refractivity contribution in [3.63, 3.8) is 0 Å². The highest BCUT2D eigenvalue weighted by molar-refractivity contribution is 5.89. The molecule has 1 aromatic carbocycles. The van der Waals surface area contributed by atoms with Gasteiger partial charge in [0.2, 0.25) is 0 Å². The number of hydrogen-bond acceptors (Lipinski definition) is 3. The first-order valence-electron chi connectivity index (χ1n) is 7.61. The molecule has 2 aromatic rings. The van der Waals surface area contributed by atoms with Crippen molar-refractivity contribution in [2.24, 2.45) is 0 Å². The predicted molar refractivity (Wildman–Crippen MR) is 84.0 cm³/mol. The minimum absolute atomic E-state index is 0.0745. The van der Waals surface area contributed by atoms with Crippen LogP contribution in [0.1, 0.15) is 25.7 Å². The van der Waals surface area contributed by atoms with Crippen molar-refractivity contribution >= 4 is 11.7 Å². The maximum atomic E-state index is 13.7. The van der Waals surface area contributed by atoms with E-state index in [4.69, 9.17) is 0 Å². The molecule has 1 aliphatic carbocycles. The van der Waals surface area contributed by atoms with Crippen molar-refractivity contribution < 1.29 is 14.3 Å². The van der Waals surface area contributed by atoms with E-state index in [1.54, 1.807) is 18.2 Å². The Morgan fingerprint density at radius 3 is 2.78 bits per heavy atom. The maximum absolute atomic E-state index is 13.7. The molecule has 122 valence electrons. The van der Waals surface area contributed by atoms with E-state index in [-0.39, 0.29) is 6.61 Å². The molecule has 1 heterocycles. The minimum Gasteiger partial charge on any atom is -0.394 e. The second-order valence-corrected chi connectivity index (χ2v) is 5.85. The van der Waals surface area contributed by atoms with Crippen LogP contribution in [0.2, 0.25) is 0 Å². The van der Waals surface area contributed by atoms with Gasteiger partial charge in [0.1, 0.15) is 11.5 Å². The Hall–Kier alpha value is -2.41. The average molecular weight is 318 g/mol. The largest absolute Gasteiger partial charge is 0.394 e. The Bertz CT molecular complexity index is 695. The number of aliphatic hydroxyl groups excluding tert-OH is 1. The van der Waals surface area contributed by atoms with Crippen LogP contribution in [0.25, 0.3) is 5.69 Å². The van der Waals surface area contributed by atoms with Crippen LogP contribution in [-0.2, 0) is 0 Å². The van der Waals surface area contributed by atoms with Crippen LogP contribution in [-0.4, -0.2) is 33.1 Å². The lowest BCUT2D eigenvalue weighted by Gasteiger charge is -2.27. The summed E-state index contributed by atoms with van der Waals surface area (Å²) < 4.78 is 15.1. The lowest BCUT2D eigenvalue weighted by atomic mass is 9.99. The molecule has 0 unspecified atom stereocenters. The van der Waals surface area contributed by atoms with E-state index < -0.39 is 17.4 Å². The summed E-state index contributed by atoms with van der Waals surface area (Å²) >= 11 is 0. The molecule has 0 saturated heterocycles. The van der Waals surface area contributed by atoms with Crippen molar-refractivity contribution in [3.8, 4) is 5.69 Å². The van der Waals surface area contributed by atoms with Crippen LogP contribution in [0.15, 0.2) is 36.7 Å². The van der Waals surface area contributed by atoms with Crippen molar-refractivity contribution in [2.75, 3.05) is 11.9 Å². The Balaban J connectivity index is 1.67. The number of nitrogens with zero attached hydrogens (tertiary/aromatic N) is 2. The van der Waals surface area contributed by atoms with E-state index in [0.29, 0.717) is 11.4 Å². The highest BCUT2D eigenvalue weighted by Crippen LogP contribution is 2.29. The van der Waals surface area contributed by atoms with Crippen molar-refractivity contribution in [1.82, 2.24) is 15.1 Å². The number of para-hydroxylation sites is 1. The molecule has 0 bridgehead atoms. The fourth-order valence-electron chi connectivity index (χ4n) is 2.93. The first-order valence-corrected chi connectivity index (χ1v) is 7.61. The lowest BCUT2D eigenvalue weighted by Crippen LogP contribution is -2.50. The Kier molecular flexibility index (Phi) is 4.29. The number of benzene rings is 1. The van der Waals surface area contributed by atoms with Crippen molar-refractivity contribution in [1.29, 1.82) is 0 Å². The second kappa shape index (κ2) is 6.37. The van der Waals surface area contributed by atoms with Crippen LogP contribution in [0.3, 0.4) is 0 Å². The molecular formula is C16H19FN4O2. The quantitative estimate of drug-likeness (QED) is 0.810. The number of anilines is 1. The van der Waals surface area contributed by atoms with E-state index in [1.165, 1.54) is 23.1 Å². The topological polar surface area (TPSA) is 79.2 Å². The number of aliphatic hydroxyl groups is 1. The molecule has 3 N–H and O–H groups in total. The third kappa shape index (κ3) is 3.34. The molecule has 23 heavy (non-hydrogen) atoms. The number of carbonyl (C=O) groups excluding carboxylic acids is 1. The molecule has 1 fully saturated rings. The number of hydrogen-bond donors (Lipinski definition) is 3. The van der Waals surface area contributed by atoms with E-state index >= 15 is 0 Å². The number of urea groups is 1. The third-order valence-corrected chi connectivity index (χ3v) is 4.18. The first kappa shape index (κ1) is 15.5. The summed E-state index contributed by atoms with van der Waals surface area (Å²) in [5.74, 6) is -0.392. The average Bonchev–Trinajstić information content (AvgIpc) is 3.18. The first-order chi connectivity index (χ1) is 11.1. The molecule has 6 nitrogen and oxygen atoms in total. The van der Waals surface area contributed by atoms with Gasteiger partial charge in [0.05, 0.1) is 30.2 Å². The van der Waals surface area contributed by atoms with Gasteiger partial charge in [-0.3, -0.25) is 0 Å². The van der Waals surface area contributed by atoms with E-state index in [0.717, 1.165) is 25.7 Å². The summed E-state index contributed by atoms with van der Waals surface area (Å²) in [7, 11) is 0. The fraction of sp³-hybridized carbons (Fsp3) is 0.375. The molecule has 0 radical (unpaired) electrons. The number of halogens is 1. The fourth-order valence-corrected chi connectivity index (χ4v) is 2.93. The van der Waals surface area contributed by atoms with Crippen LogP contribution in [0, 0.1) is 5.82 Å². The van der Waals surface area contributed by atoms with Gasteiger partial charge in [-0.2, -0.15) is 5.10 Å². The van der Waals surface area contributed by atoms with Gasteiger partial charge in [0.15, 0.2) is 0 Å². The summed E-state index contributed by atoms with van der Waals surface area (Å²) in [5, 5.41) is 19.1. The number of amides is 2. The summed E-state index contributed by atoms with van der Waals surface area (Å²) in [6.45, 7) is -0.0745. The van der Waals surface area contributed by atoms with Gasteiger partial charge in [-0.25, -0.2) is 13.9 Å². The SMILES string of the molecule is O=C(Nc1cnn(-c2ccccc2F)c1)NC1(CO)CCCC1. The standard InChI is InChI=1S/C16H19FN4O2/c17-13-5-1-2-6-14(13)21-10-12(9-18-21)19-15(23)20-16(11-22)7-3-4-8-16/h1-2,5-6,9-10,22H,3-4,7-8,11H2,(H2,19,20,23). The zero-order valence-electron chi connectivity index (χ0n) is 12.6. The monoisotopic (exact) mass is 318 g/mol. The molecule has 2 amide bonds. The molecular weight excluding hydrogens is 299 g/mol. The highest BCUT2D eigenvalue weighted by atomic mass is 19.1. The van der Waals surface area contributed by atoms with Gasteiger partial charge in [0, 0.05) is 0 Å². The zero-order valence-corrected chi connectivity index (χ0v) is 12.6. The molecule has 0 atom stereocenters. The van der Waals surface area contributed by atoms with E-state index in [1.807, 2.05) is 0 Å². The van der Waals surface area contributed by atoms with Crippen LogP contribution in [0.5, 0.6) is 0 Å². The smallest absolute Gasteiger partial charge is 0.319 e. The highest BCUT2D eigenvalue weighted by Gasteiger charge is 2.34. The molecule has 7 heteroatoms. The maximum Gasteiger partial charge on any atom is 0.319 e. The number of nitrogens with one attached hydrogen (secondary N) is 2. The zero-order chi connectivity index (χ0) is 16.3. The second-order valence-electron chi connectivity index (χ2n) is 5.85. The van der Waals surface area contributed by atoms with E-state index in [2.05, 4.69) is 15.7 Å². The number of aromatic nitrogens is 2. The van der Waals surface area contributed by atoms with Gasteiger partial charge in [0.25, 0.3) is 0 Å². The van der Waals surface area contributed by atoms with Gasteiger partial charge < -0.3 is 15.7 Å². The van der Waals surface area contributed by atoms with Crippen molar-refractivity contribution in [2.45, 2.75) is 31.2 Å². The minimum atomic E-state index is -0.536. The summed E-state index contributed by atoms with van der Waals surface area (Å²) in [6, 6.07) is 5.87.